The maximum Gasteiger partial charge on any atom is 0.287 e. The van der Waals surface area contributed by atoms with Crippen molar-refractivity contribution in [3.8, 4) is 0 Å². The molecule has 2 aliphatic rings. The van der Waals surface area contributed by atoms with Gasteiger partial charge in [-0.25, -0.2) is 4.98 Å². The summed E-state index contributed by atoms with van der Waals surface area (Å²) in [5.74, 6) is 0.182. The van der Waals surface area contributed by atoms with Gasteiger partial charge in [0, 0.05) is 25.2 Å². The zero-order valence-corrected chi connectivity index (χ0v) is 14.3. The largest absolute Gasteiger partial charge is 0.345 e. The third kappa shape index (κ3) is 3.26. The average molecular weight is 318 g/mol. The third-order valence-electron chi connectivity index (χ3n) is 4.41. The van der Waals surface area contributed by atoms with E-state index in [2.05, 4.69) is 10.3 Å². The van der Waals surface area contributed by atoms with Crippen LogP contribution in [0.5, 0.6) is 0 Å². The fourth-order valence-corrected chi connectivity index (χ4v) is 3.35. The maximum atomic E-state index is 12.8. The summed E-state index contributed by atoms with van der Waals surface area (Å²) >= 11 is 0. The summed E-state index contributed by atoms with van der Waals surface area (Å²) in [5, 5.41) is 2.96. The van der Waals surface area contributed by atoms with E-state index in [1.54, 1.807) is 0 Å². The van der Waals surface area contributed by atoms with E-state index < -0.39 is 0 Å². The number of likely N-dealkylation sites (tertiary alicyclic amines) is 1. The Morgan fingerprint density at radius 3 is 2.35 bits per heavy atom. The van der Waals surface area contributed by atoms with Crippen molar-refractivity contribution >= 4 is 11.8 Å². The fourth-order valence-electron chi connectivity index (χ4n) is 3.35. The van der Waals surface area contributed by atoms with Gasteiger partial charge in [-0.1, -0.05) is 0 Å². The predicted octanol–water partition coefficient (Wildman–Crippen LogP) is 1.98. The van der Waals surface area contributed by atoms with Crippen molar-refractivity contribution in [2.24, 2.45) is 0 Å². The number of carbonyl (C=O) groups excluding carboxylic acids is 2. The van der Waals surface area contributed by atoms with Crippen LogP contribution >= 0.6 is 0 Å². The minimum Gasteiger partial charge on any atom is -0.345 e. The quantitative estimate of drug-likeness (QED) is 0.907. The molecule has 1 N–H and O–H groups in total. The summed E-state index contributed by atoms with van der Waals surface area (Å²) < 4.78 is 1.95. The summed E-state index contributed by atoms with van der Waals surface area (Å²) in [6.07, 6.45) is 5.01. The highest BCUT2D eigenvalue weighted by Gasteiger charge is 2.31. The summed E-state index contributed by atoms with van der Waals surface area (Å²) in [4.78, 5) is 31.7. The molecule has 2 aliphatic heterocycles. The van der Waals surface area contributed by atoms with E-state index >= 15 is 0 Å². The molecule has 1 aromatic heterocycles. The van der Waals surface area contributed by atoms with Crippen molar-refractivity contribution in [3.63, 3.8) is 0 Å². The molecule has 0 unspecified atom stereocenters. The molecule has 0 spiro atoms. The van der Waals surface area contributed by atoms with Crippen LogP contribution in [0.3, 0.4) is 0 Å². The molecule has 3 heterocycles. The molecule has 1 fully saturated rings. The molecule has 1 aromatic rings. The normalized spacial score (nSPS) is 18.0. The van der Waals surface area contributed by atoms with Gasteiger partial charge in [0.1, 0.15) is 5.69 Å². The topological polar surface area (TPSA) is 67.2 Å². The fraction of sp³-hybridized carbons (Fsp3) is 0.706. The Kier molecular flexibility index (Phi) is 4.17. The molecule has 6 nitrogen and oxygen atoms in total. The Balaban J connectivity index is 1.94. The van der Waals surface area contributed by atoms with Crippen LogP contribution in [0.2, 0.25) is 0 Å². The van der Waals surface area contributed by atoms with E-state index in [-0.39, 0.29) is 17.4 Å². The van der Waals surface area contributed by atoms with Gasteiger partial charge < -0.3 is 14.8 Å². The number of hydrogen-bond donors (Lipinski definition) is 1. The first-order valence-corrected chi connectivity index (χ1v) is 8.58. The van der Waals surface area contributed by atoms with Gasteiger partial charge in [0.05, 0.1) is 5.69 Å². The third-order valence-corrected chi connectivity index (χ3v) is 4.41. The highest BCUT2D eigenvalue weighted by Crippen LogP contribution is 2.24. The molecule has 6 heteroatoms. The van der Waals surface area contributed by atoms with Gasteiger partial charge in [-0.15, -0.1) is 0 Å². The number of rotatable bonds is 2. The van der Waals surface area contributed by atoms with E-state index in [1.807, 2.05) is 30.2 Å². The highest BCUT2D eigenvalue weighted by molar-refractivity contribution is 5.97. The number of hydrogen-bond acceptors (Lipinski definition) is 3. The van der Waals surface area contributed by atoms with Crippen LogP contribution in [0.15, 0.2) is 0 Å². The number of amides is 2. The van der Waals surface area contributed by atoms with Crippen LogP contribution < -0.4 is 5.32 Å². The van der Waals surface area contributed by atoms with Crippen molar-refractivity contribution in [2.45, 2.75) is 65.0 Å². The minimum atomic E-state index is -0.322. The summed E-state index contributed by atoms with van der Waals surface area (Å²) in [6.45, 7) is 8.20. The van der Waals surface area contributed by atoms with Crippen molar-refractivity contribution in [1.29, 1.82) is 0 Å². The zero-order chi connectivity index (χ0) is 16.6. The van der Waals surface area contributed by atoms with E-state index in [9.17, 15) is 9.59 Å². The van der Waals surface area contributed by atoms with Crippen molar-refractivity contribution in [2.75, 3.05) is 13.1 Å². The molecule has 0 aromatic carbocycles. The van der Waals surface area contributed by atoms with Crippen LogP contribution in [0.25, 0.3) is 0 Å². The number of nitrogens with one attached hydrogen (secondary N) is 1. The standard InChI is InChI=1S/C17H26N4O2/c1-17(2,3)19-15(22)14-18-13(12-8-4-5-11-21(12)14)16(23)20-9-6-7-10-20/h4-11H2,1-3H3,(H,19,22). The van der Waals surface area contributed by atoms with Gasteiger partial charge in [-0.05, 0) is 52.9 Å². The second kappa shape index (κ2) is 5.98. The number of nitrogens with zero attached hydrogens (tertiary/aromatic N) is 3. The predicted molar refractivity (Wildman–Crippen MR) is 87.5 cm³/mol. The lowest BCUT2D eigenvalue weighted by Crippen LogP contribution is -2.42. The van der Waals surface area contributed by atoms with Crippen LogP contribution in [-0.4, -0.2) is 44.9 Å². The Hall–Kier alpha value is -1.85. The summed E-state index contributed by atoms with van der Waals surface area (Å²) in [7, 11) is 0. The molecule has 23 heavy (non-hydrogen) atoms. The molecule has 0 atom stereocenters. The van der Waals surface area contributed by atoms with Gasteiger partial charge in [0.25, 0.3) is 11.8 Å². The number of imidazole rings is 1. The monoisotopic (exact) mass is 318 g/mol. The van der Waals surface area contributed by atoms with E-state index in [0.29, 0.717) is 11.5 Å². The Morgan fingerprint density at radius 2 is 1.70 bits per heavy atom. The first-order valence-electron chi connectivity index (χ1n) is 8.58. The molecule has 0 aliphatic carbocycles. The van der Waals surface area contributed by atoms with Crippen molar-refractivity contribution in [1.82, 2.24) is 19.8 Å². The zero-order valence-electron chi connectivity index (χ0n) is 14.3. The Labute approximate surface area is 137 Å². The van der Waals surface area contributed by atoms with Crippen LogP contribution in [0.1, 0.15) is 73.3 Å². The van der Waals surface area contributed by atoms with Gasteiger partial charge in [-0.3, -0.25) is 9.59 Å². The molecular formula is C17H26N4O2. The lowest BCUT2D eigenvalue weighted by Gasteiger charge is -2.22. The average Bonchev–Trinajstić information content (AvgIpc) is 3.13. The Morgan fingerprint density at radius 1 is 1.04 bits per heavy atom. The van der Waals surface area contributed by atoms with E-state index in [0.717, 1.165) is 57.4 Å². The molecule has 0 saturated carbocycles. The molecule has 1 saturated heterocycles. The second-order valence-corrected chi connectivity index (χ2v) is 7.54. The SMILES string of the molecule is CC(C)(C)NC(=O)c1nc(C(=O)N2CCCC2)c2n1CCCC2. The van der Waals surface area contributed by atoms with Crippen LogP contribution in [-0.2, 0) is 13.0 Å². The second-order valence-electron chi connectivity index (χ2n) is 7.54. The molecule has 3 rings (SSSR count). The smallest absolute Gasteiger partial charge is 0.287 e. The van der Waals surface area contributed by atoms with Crippen LogP contribution in [0.4, 0.5) is 0 Å². The molecule has 126 valence electrons. The summed E-state index contributed by atoms with van der Waals surface area (Å²) in [6, 6.07) is 0. The van der Waals surface area contributed by atoms with Gasteiger partial charge in [-0.2, -0.15) is 0 Å². The summed E-state index contributed by atoms with van der Waals surface area (Å²) in [5.41, 5.74) is 1.11. The number of fused-ring (bicyclic) bond motifs is 1. The van der Waals surface area contributed by atoms with Crippen molar-refractivity contribution < 1.29 is 9.59 Å². The van der Waals surface area contributed by atoms with Gasteiger partial charge in [0.15, 0.2) is 5.82 Å². The molecule has 2 amide bonds. The Bertz CT molecular complexity index is 621. The van der Waals surface area contributed by atoms with Gasteiger partial charge in [0.2, 0.25) is 0 Å². The first kappa shape index (κ1) is 16.0. The van der Waals surface area contributed by atoms with E-state index in [4.69, 9.17) is 0 Å². The van der Waals surface area contributed by atoms with E-state index in [1.165, 1.54) is 0 Å². The maximum absolute atomic E-state index is 12.8. The first-order chi connectivity index (χ1) is 10.9. The lowest BCUT2D eigenvalue weighted by molar-refractivity contribution is 0.0786. The molecule has 0 radical (unpaired) electrons. The molecular weight excluding hydrogens is 292 g/mol. The van der Waals surface area contributed by atoms with Crippen molar-refractivity contribution in [3.05, 3.63) is 17.2 Å². The minimum absolute atomic E-state index is 0.0111. The lowest BCUT2D eigenvalue weighted by atomic mass is 10.1. The van der Waals surface area contributed by atoms with Gasteiger partial charge >= 0.3 is 0 Å². The number of aromatic nitrogens is 2. The number of carbonyl (C=O) groups is 2. The van der Waals surface area contributed by atoms with Crippen LogP contribution in [0, 0.1) is 0 Å². The highest BCUT2D eigenvalue weighted by atomic mass is 16.2. The molecule has 0 bridgehead atoms.